The third kappa shape index (κ3) is 2.88. The first-order valence-electron chi connectivity index (χ1n) is 6.93. The zero-order valence-corrected chi connectivity index (χ0v) is 11.3. The van der Waals surface area contributed by atoms with E-state index in [4.69, 9.17) is 11.5 Å². The first kappa shape index (κ1) is 12.9. The van der Waals surface area contributed by atoms with E-state index in [1.165, 1.54) is 18.4 Å². The Bertz CT molecular complexity index is 607. The summed E-state index contributed by atoms with van der Waals surface area (Å²) in [6, 6.07) is 6.13. The number of rotatable bonds is 5. The van der Waals surface area contributed by atoms with Gasteiger partial charge in [-0.05, 0) is 42.5 Å². The van der Waals surface area contributed by atoms with E-state index in [9.17, 15) is 0 Å². The molecule has 0 aliphatic heterocycles. The van der Waals surface area contributed by atoms with Crippen molar-refractivity contribution >= 4 is 11.5 Å². The summed E-state index contributed by atoms with van der Waals surface area (Å²) in [7, 11) is 0. The van der Waals surface area contributed by atoms with Crippen LogP contribution in [0.2, 0.25) is 0 Å². The number of anilines is 2. The van der Waals surface area contributed by atoms with Crippen LogP contribution in [0.15, 0.2) is 30.6 Å². The molecule has 2 aromatic heterocycles. The van der Waals surface area contributed by atoms with Crippen molar-refractivity contribution in [3.8, 4) is 11.3 Å². The van der Waals surface area contributed by atoms with E-state index in [0.29, 0.717) is 18.3 Å². The Morgan fingerprint density at radius 2 is 2.05 bits per heavy atom. The van der Waals surface area contributed by atoms with Gasteiger partial charge in [0.2, 0.25) is 0 Å². The Hall–Kier alpha value is -2.14. The second-order valence-corrected chi connectivity index (χ2v) is 5.16. The lowest BCUT2D eigenvalue weighted by Gasteiger charge is -2.08. The molecule has 0 bridgehead atoms. The molecule has 1 saturated carbocycles. The predicted molar refractivity (Wildman–Crippen MR) is 81.4 cm³/mol. The van der Waals surface area contributed by atoms with Crippen molar-refractivity contribution in [3.05, 3.63) is 36.2 Å². The molecule has 1 aliphatic rings. The van der Waals surface area contributed by atoms with E-state index in [2.05, 4.69) is 21.4 Å². The molecule has 5 N–H and O–H groups in total. The van der Waals surface area contributed by atoms with Crippen molar-refractivity contribution in [2.75, 3.05) is 24.1 Å². The van der Waals surface area contributed by atoms with Gasteiger partial charge in [-0.2, -0.15) is 0 Å². The number of pyridine rings is 2. The fourth-order valence-electron chi connectivity index (χ4n) is 2.27. The predicted octanol–water partition coefficient (Wildman–Crippen LogP) is 1.97. The quantitative estimate of drug-likeness (QED) is 0.772. The minimum Gasteiger partial charge on any atom is -0.384 e. The molecular formula is C15H19N5. The molecule has 0 radical (unpaired) electrons. The van der Waals surface area contributed by atoms with E-state index in [1.54, 1.807) is 6.20 Å². The van der Waals surface area contributed by atoms with Gasteiger partial charge in [-0.15, -0.1) is 0 Å². The van der Waals surface area contributed by atoms with Crippen LogP contribution in [0.4, 0.5) is 11.5 Å². The van der Waals surface area contributed by atoms with Crippen LogP contribution >= 0.6 is 0 Å². The molecule has 1 aliphatic carbocycles. The third-order valence-corrected chi connectivity index (χ3v) is 3.42. The average molecular weight is 269 g/mol. The minimum absolute atomic E-state index is 0.574. The average Bonchev–Trinajstić information content (AvgIpc) is 3.29. The Morgan fingerprint density at radius 1 is 1.20 bits per heavy atom. The maximum atomic E-state index is 5.92. The van der Waals surface area contributed by atoms with Crippen molar-refractivity contribution in [1.82, 2.24) is 9.97 Å². The zero-order valence-electron chi connectivity index (χ0n) is 11.3. The summed E-state index contributed by atoms with van der Waals surface area (Å²) in [6.45, 7) is 1.31. The molecule has 0 unspecified atom stereocenters. The molecule has 5 nitrogen and oxygen atoms in total. The lowest BCUT2D eigenvalue weighted by atomic mass is 10.1. The van der Waals surface area contributed by atoms with Gasteiger partial charge in [0.25, 0.3) is 0 Å². The van der Waals surface area contributed by atoms with Crippen molar-refractivity contribution in [1.29, 1.82) is 0 Å². The van der Waals surface area contributed by atoms with Crippen LogP contribution in [0.5, 0.6) is 0 Å². The van der Waals surface area contributed by atoms with E-state index in [1.807, 2.05) is 18.3 Å². The van der Waals surface area contributed by atoms with Gasteiger partial charge in [0.15, 0.2) is 0 Å². The largest absolute Gasteiger partial charge is 0.384 e. The maximum absolute atomic E-state index is 5.92. The third-order valence-electron chi connectivity index (χ3n) is 3.42. The van der Waals surface area contributed by atoms with Gasteiger partial charge in [-0.1, -0.05) is 0 Å². The van der Waals surface area contributed by atoms with Crippen LogP contribution in [0.3, 0.4) is 0 Å². The number of hydrogen-bond donors (Lipinski definition) is 3. The van der Waals surface area contributed by atoms with E-state index < -0.39 is 0 Å². The number of aromatic nitrogens is 2. The molecule has 0 aromatic carbocycles. The Morgan fingerprint density at radius 3 is 2.80 bits per heavy atom. The normalized spacial score (nSPS) is 14.2. The molecule has 20 heavy (non-hydrogen) atoms. The van der Waals surface area contributed by atoms with Crippen LogP contribution in [0.1, 0.15) is 24.3 Å². The van der Waals surface area contributed by atoms with E-state index >= 15 is 0 Å². The highest BCUT2D eigenvalue weighted by Gasteiger charge is 2.24. The maximum Gasteiger partial charge on any atom is 0.124 e. The first-order chi connectivity index (χ1) is 9.76. The lowest BCUT2D eigenvalue weighted by molar-refractivity contribution is 1.02. The highest BCUT2D eigenvalue weighted by molar-refractivity contribution is 5.65. The van der Waals surface area contributed by atoms with Gasteiger partial charge in [0.1, 0.15) is 5.82 Å². The summed E-state index contributed by atoms with van der Waals surface area (Å²) in [5.74, 6) is 1.23. The van der Waals surface area contributed by atoms with Gasteiger partial charge in [-0.25, -0.2) is 4.98 Å². The summed E-state index contributed by atoms with van der Waals surface area (Å²) in [5, 5.41) is 3.22. The number of hydrogen-bond acceptors (Lipinski definition) is 5. The summed E-state index contributed by atoms with van der Waals surface area (Å²) in [6.07, 6.45) is 6.10. The number of nitrogens with zero attached hydrogens (tertiary/aromatic N) is 2. The Labute approximate surface area is 118 Å². The fourth-order valence-corrected chi connectivity index (χ4v) is 2.27. The molecular weight excluding hydrogens is 250 g/mol. The van der Waals surface area contributed by atoms with Gasteiger partial charge < -0.3 is 16.8 Å². The fraction of sp³-hybridized carbons (Fsp3) is 0.333. The Balaban J connectivity index is 1.91. The van der Waals surface area contributed by atoms with Crippen LogP contribution in [-0.2, 0) is 0 Å². The minimum atomic E-state index is 0.574. The Kier molecular flexibility index (Phi) is 3.52. The molecule has 3 rings (SSSR count). The van der Waals surface area contributed by atoms with Crippen LogP contribution in [0.25, 0.3) is 11.3 Å². The molecule has 5 heteroatoms. The van der Waals surface area contributed by atoms with Crippen molar-refractivity contribution < 1.29 is 0 Å². The highest BCUT2D eigenvalue weighted by atomic mass is 14.9. The molecule has 0 atom stereocenters. The molecule has 2 heterocycles. The zero-order chi connectivity index (χ0) is 13.9. The molecule has 0 saturated heterocycles. The van der Waals surface area contributed by atoms with Crippen molar-refractivity contribution in [3.63, 3.8) is 0 Å². The SMILES string of the molecule is NCCNc1cncc(-c2cc(C3CC3)cc(N)n2)c1. The van der Waals surface area contributed by atoms with Gasteiger partial charge >= 0.3 is 0 Å². The molecule has 0 amide bonds. The highest BCUT2D eigenvalue weighted by Crippen LogP contribution is 2.41. The standard InChI is InChI=1S/C15H19N5/c16-3-4-19-13-5-12(8-18-9-13)14-6-11(10-1-2-10)7-15(17)20-14/h5-10,19H,1-4,16H2,(H2,17,20). The second-order valence-electron chi connectivity index (χ2n) is 5.16. The number of nitrogen functional groups attached to an aromatic ring is 1. The van der Waals surface area contributed by atoms with Crippen LogP contribution in [-0.4, -0.2) is 23.1 Å². The van der Waals surface area contributed by atoms with Crippen LogP contribution in [0, 0.1) is 0 Å². The van der Waals surface area contributed by atoms with E-state index in [0.717, 1.165) is 23.5 Å². The summed E-state index contributed by atoms with van der Waals surface area (Å²) < 4.78 is 0. The molecule has 0 spiro atoms. The van der Waals surface area contributed by atoms with Crippen molar-refractivity contribution in [2.24, 2.45) is 5.73 Å². The summed E-state index contributed by atoms with van der Waals surface area (Å²) in [4.78, 5) is 8.67. The number of nitrogens with one attached hydrogen (secondary N) is 1. The van der Waals surface area contributed by atoms with Crippen LogP contribution < -0.4 is 16.8 Å². The summed E-state index contributed by atoms with van der Waals surface area (Å²) >= 11 is 0. The smallest absolute Gasteiger partial charge is 0.124 e. The van der Waals surface area contributed by atoms with Gasteiger partial charge in [0, 0.05) is 31.0 Å². The van der Waals surface area contributed by atoms with Gasteiger partial charge in [0.05, 0.1) is 11.4 Å². The molecule has 2 aromatic rings. The summed E-state index contributed by atoms with van der Waals surface area (Å²) in [5.41, 5.74) is 15.5. The van der Waals surface area contributed by atoms with Crippen molar-refractivity contribution in [2.45, 2.75) is 18.8 Å². The number of nitrogens with two attached hydrogens (primary N) is 2. The van der Waals surface area contributed by atoms with E-state index in [-0.39, 0.29) is 0 Å². The first-order valence-corrected chi connectivity index (χ1v) is 6.93. The molecule has 1 fully saturated rings. The molecule has 104 valence electrons. The topological polar surface area (TPSA) is 89.8 Å². The second kappa shape index (κ2) is 5.46. The van der Waals surface area contributed by atoms with Gasteiger partial charge in [-0.3, -0.25) is 4.98 Å². The monoisotopic (exact) mass is 269 g/mol. The lowest BCUT2D eigenvalue weighted by Crippen LogP contribution is -2.13.